The minimum atomic E-state index is -0.701. The normalized spacial score (nSPS) is 10.7. The van der Waals surface area contributed by atoms with Crippen molar-refractivity contribution in [2.75, 3.05) is 26.3 Å². The third-order valence-corrected chi connectivity index (χ3v) is 5.19. The number of rotatable bonds is 12. The molecule has 0 spiro atoms. The minimum absolute atomic E-state index is 0.0752. The predicted octanol–water partition coefficient (Wildman–Crippen LogP) is 2.14. The molecule has 0 saturated carbocycles. The summed E-state index contributed by atoms with van der Waals surface area (Å²) in [7, 11) is 0. The number of benzene rings is 1. The molecule has 3 rings (SSSR count). The standard InChI is InChI=1S/C21H24ClN7O7/c1-4-34-14-7-6-13(10-15(14)35-5-2)19(30)23-8-9-24-20(31)21-25-16(27-36-21)11-28-12(3)17(22)18(26-28)29(32)33/h6-7,10H,4-5,8-9,11H2,1-3H3,(H,23,30)(H,24,31). The number of carbonyl (C=O) groups excluding carboxylic acids is 2. The molecule has 0 unspecified atom stereocenters. The lowest BCUT2D eigenvalue weighted by Crippen LogP contribution is -2.34. The highest BCUT2D eigenvalue weighted by Gasteiger charge is 2.25. The first-order valence-corrected chi connectivity index (χ1v) is 11.3. The number of ether oxygens (including phenoxy) is 2. The summed E-state index contributed by atoms with van der Waals surface area (Å²) in [4.78, 5) is 38.9. The highest BCUT2D eigenvalue weighted by Crippen LogP contribution is 2.28. The fourth-order valence-corrected chi connectivity index (χ4v) is 3.25. The number of hydrogen-bond donors (Lipinski definition) is 2. The van der Waals surface area contributed by atoms with Crippen LogP contribution in [-0.2, 0) is 6.54 Å². The van der Waals surface area contributed by atoms with Crippen molar-refractivity contribution >= 4 is 29.2 Å². The molecule has 192 valence electrons. The molecule has 0 aliphatic carbocycles. The van der Waals surface area contributed by atoms with Crippen LogP contribution in [0, 0.1) is 17.0 Å². The number of nitrogens with zero attached hydrogens (tertiary/aromatic N) is 5. The van der Waals surface area contributed by atoms with Gasteiger partial charge in [-0.2, -0.15) is 9.67 Å². The summed E-state index contributed by atoms with van der Waals surface area (Å²) in [6.07, 6.45) is 0. The van der Waals surface area contributed by atoms with Crippen LogP contribution < -0.4 is 20.1 Å². The smallest absolute Gasteiger partial charge is 0.408 e. The maximum absolute atomic E-state index is 12.4. The monoisotopic (exact) mass is 521 g/mol. The van der Waals surface area contributed by atoms with Gasteiger partial charge in [0, 0.05) is 18.7 Å². The number of nitrogens with one attached hydrogen (secondary N) is 2. The van der Waals surface area contributed by atoms with Gasteiger partial charge >= 0.3 is 17.6 Å². The SMILES string of the molecule is CCOc1ccc(C(=O)NCCNC(=O)c2nc(Cn3nc([N+](=O)[O-])c(Cl)c3C)no2)cc1OCC. The van der Waals surface area contributed by atoms with Crippen LogP contribution in [-0.4, -0.2) is 63.0 Å². The first kappa shape index (κ1) is 26.4. The van der Waals surface area contributed by atoms with E-state index in [0.717, 1.165) is 0 Å². The number of amides is 2. The molecule has 36 heavy (non-hydrogen) atoms. The predicted molar refractivity (Wildman–Crippen MR) is 125 cm³/mol. The summed E-state index contributed by atoms with van der Waals surface area (Å²) in [5, 5.41) is 23.6. The molecule has 2 heterocycles. The topological polar surface area (TPSA) is 177 Å². The summed E-state index contributed by atoms with van der Waals surface area (Å²) in [6, 6.07) is 4.87. The summed E-state index contributed by atoms with van der Waals surface area (Å²) in [5.41, 5.74) is 0.722. The zero-order chi connectivity index (χ0) is 26.2. The zero-order valence-corrected chi connectivity index (χ0v) is 20.5. The van der Waals surface area contributed by atoms with E-state index in [1.165, 1.54) is 4.68 Å². The Balaban J connectivity index is 1.50. The molecule has 0 bridgehead atoms. The molecule has 1 aromatic carbocycles. The van der Waals surface area contributed by atoms with Crippen LogP contribution in [0.3, 0.4) is 0 Å². The van der Waals surface area contributed by atoms with Gasteiger partial charge in [0.1, 0.15) is 6.54 Å². The number of nitro groups is 1. The Morgan fingerprint density at radius 3 is 2.44 bits per heavy atom. The molecule has 14 nitrogen and oxygen atoms in total. The molecule has 0 aliphatic rings. The number of aromatic nitrogens is 4. The third-order valence-electron chi connectivity index (χ3n) is 4.74. The van der Waals surface area contributed by atoms with E-state index in [-0.39, 0.29) is 42.3 Å². The van der Waals surface area contributed by atoms with Gasteiger partial charge in [-0.3, -0.25) is 9.59 Å². The van der Waals surface area contributed by atoms with Crippen molar-refractivity contribution in [3.8, 4) is 11.5 Å². The first-order valence-electron chi connectivity index (χ1n) is 10.9. The van der Waals surface area contributed by atoms with Gasteiger partial charge in [-0.15, -0.1) is 0 Å². The average molecular weight is 522 g/mol. The second-order valence-electron chi connectivity index (χ2n) is 7.19. The van der Waals surface area contributed by atoms with Crippen molar-refractivity contribution in [1.82, 2.24) is 30.6 Å². The maximum atomic E-state index is 12.4. The Morgan fingerprint density at radius 2 is 1.81 bits per heavy atom. The van der Waals surface area contributed by atoms with Crippen LogP contribution in [0.15, 0.2) is 22.7 Å². The molecule has 0 fully saturated rings. The molecular formula is C21H24ClN7O7. The summed E-state index contributed by atoms with van der Waals surface area (Å²) < 4.78 is 17.2. The van der Waals surface area contributed by atoms with Gasteiger partial charge in [0.15, 0.2) is 22.3 Å². The van der Waals surface area contributed by atoms with E-state index in [1.54, 1.807) is 25.1 Å². The van der Waals surface area contributed by atoms with Crippen molar-refractivity contribution in [3.05, 3.63) is 56.3 Å². The molecule has 0 atom stereocenters. The quantitative estimate of drug-likeness (QED) is 0.204. The van der Waals surface area contributed by atoms with Crippen LogP contribution in [0.2, 0.25) is 5.02 Å². The van der Waals surface area contributed by atoms with E-state index in [1.807, 2.05) is 13.8 Å². The van der Waals surface area contributed by atoms with Gasteiger partial charge in [0.05, 0.1) is 24.0 Å². The molecule has 3 aromatic rings. The van der Waals surface area contributed by atoms with Gasteiger partial charge in [-0.05, 0) is 43.9 Å². The van der Waals surface area contributed by atoms with Crippen molar-refractivity contribution in [3.63, 3.8) is 0 Å². The van der Waals surface area contributed by atoms with Crippen molar-refractivity contribution < 1.29 is 28.5 Å². The van der Waals surface area contributed by atoms with Crippen LogP contribution >= 0.6 is 11.6 Å². The Kier molecular flexibility index (Phi) is 8.78. The molecule has 0 aliphatic heterocycles. The summed E-state index contributed by atoms with van der Waals surface area (Å²) >= 11 is 5.91. The van der Waals surface area contributed by atoms with Crippen LogP contribution in [0.5, 0.6) is 11.5 Å². The van der Waals surface area contributed by atoms with E-state index >= 15 is 0 Å². The summed E-state index contributed by atoms with van der Waals surface area (Å²) in [6.45, 7) is 6.26. The fraction of sp³-hybridized carbons (Fsp3) is 0.381. The Morgan fingerprint density at radius 1 is 1.14 bits per heavy atom. The molecule has 0 radical (unpaired) electrons. The fourth-order valence-electron chi connectivity index (χ4n) is 3.05. The molecule has 15 heteroatoms. The molecule has 2 amide bonds. The zero-order valence-electron chi connectivity index (χ0n) is 19.7. The summed E-state index contributed by atoms with van der Waals surface area (Å²) in [5.74, 6) is -0.710. The highest BCUT2D eigenvalue weighted by molar-refractivity contribution is 6.33. The minimum Gasteiger partial charge on any atom is -0.490 e. The van der Waals surface area contributed by atoms with Crippen LogP contribution in [0.25, 0.3) is 0 Å². The van der Waals surface area contributed by atoms with Gasteiger partial charge < -0.3 is 34.7 Å². The lowest BCUT2D eigenvalue weighted by Gasteiger charge is -2.12. The van der Waals surface area contributed by atoms with Crippen molar-refractivity contribution in [1.29, 1.82) is 0 Å². The third kappa shape index (κ3) is 6.27. The molecule has 0 saturated heterocycles. The van der Waals surface area contributed by atoms with E-state index in [0.29, 0.717) is 36.0 Å². The number of carbonyl (C=O) groups is 2. The van der Waals surface area contributed by atoms with Crippen LogP contribution in [0.4, 0.5) is 5.82 Å². The maximum Gasteiger partial charge on any atom is 0.408 e. The molecular weight excluding hydrogens is 498 g/mol. The second kappa shape index (κ2) is 12.0. The van der Waals surface area contributed by atoms with E-state index in [9.17, 15) is 19.7 Å². The van der Waals surface area contributed by atoms with Gasteiger partial charge in [0.25, 0.3) is 5.91 Å². The number of halogens is 1. The van der Waals surface area contributed by atoms with Gasteiger partial charge in [-0.25, -0.2) is 0 Å². The number of hydrogen-bond acceptors (Lipinski definition) is 10. The van der Waals surface area contributed by atoms with Crippen molar-refractivity contribution in [2.24, 2.45) is 0 Å². The van der Waals surface area contributed by atoms with Gasteiger partial charge in [-0.1, -0.05) is 16.8 Å². The van der Waals surface area contributed by atoms with E-state index < -0.39 is 16.6 Å². The lowest BCUT2D eigenvalue weighted by atomic mass is 10.2. The Bertz CT molecular complexity index is 1260. The van der Waals surface area contributed by atoms with E-state index in [4.69, 9.17) is 25.6 Å². The highest BCUT2D eigenvalue weighted by atomic mass is 35.5. The van der Waals surface area contributed by atoms with Crippen LogP contribution in [0.1, 0.15) is 46.4 Å². The van der Waals surface area contributed by atoms with Crippen molar-refractivity contribution in [2.45, 2.75) is 27.3 Å². The largest absolute Gasteiger partial charge is 0.490 e. The lowest BCUT2D eigenvalue weighted by molar-refractivity contribution is -0.389. The van der Waals surface area contributed by atoms with E-state index in [2.05, 4.69) is 25.9 Å². The second-order valence-corrected chi connectivity index (χ2v) is 7.57. The molecule has 2 N–H and O–H groups in total. The Hall–Kier alpha value is -4.20. The first-order chi connectivity index (χ1) is 17.2. The average Bonchev–Trinajstić information content (AvgIpc) is 3.43. The Labute approximate surface area is 210 Å². The van der Waals surface area contributed by atoms with Gasteiger partial charge in [0.2, 0.25) is 0 Å². The molecule has 2 aromatic heterocycles.